The molecule has 0 bridgehead atoms. The normalized spacial score (nSPS) is 18.1. The summed E-state index contributed by atoms with van der Waals surface area (Å²) < 4.78 is 0. The van der Waals surface area contributed by atoms with Gasteiger partial charge in [0, 0.05) is 6.04 Å². The van der Waals surface area contributed by atoms with Gasteiger partial charge < -0.3 is 5.73 Å². The molecule has 0 aromatic heterocycles. The second kappa shape index (κ2) is 4.36. The molecule has 0 aliphatic heterocycles. The Kier molecular flexibility index (Phi) is 3.11. The predicted molar refractivity (Wildman–Crippen MR) is 64.8 cm³/mol. The molecule has 0 saturated heterocycles. The van der Waals surface area contributed by atoms with Crippen molar-refractivity contribution in [3.05, 3.63) is 35.4 Å². The Balaban J connectivity index is 2.08. The van der Waals surface area contributed by atoms with E-state index in [9.17, 15) is 0 Å². The van der Waals surface area contributed by atoms with E-state index in [1.54, 1.807) is 0 Å². The molecular formula is C14H21N. The van der Waals surface area contributed by atoms with Gasteiger partial charge in [-0.1, -0.05) is 51.0 Å². The Morgan fingerprint density at radius 1 is 1.27 bits per heavy atom. The van der Waals surface area contributed by atoms with Crippen LogP contribution in [0.1, 0.15) is 56.2 Å². The Bertz CT molecular complexity index is 326. The van der Waals surface area contributed by atoms with Crippen molar-refractivity contribution in [2.75, 3.05) is 0 Å². The standard InChI is InChI=1S/C14H21N/c1-10(2)12-4-3-5-13(9-12)14(15)8-11-6-7-11/h3-5,9-11,14H,6-8,15H2,1-2H3/t14-/m1/s1. The smallest absolute Gasteiger partial charge is 0.0297 e. The number of benzene rings is 1. The summed E-state index contributed by atoms with van der Waals surface area (Å²) in [5.41, 5.74) is 8.92. The average Bonchev–Trinajstić information content (AvgIpc) is 3.02. The highest BCUT2D eigenvalue weighted by Crippen LogP contribution is 2.36. The average molecular weight is 203 g/mol. The molecule has 0 spiro atoms. The molecule has 82 valence electrons. The Hall–Kier alpha value is -0.820. The van der Waals surface area contributed by atoms with Gasteiger partial charge in [-0.3, -0.25) is 0 Å². The summed E-state index contributed by atoms with van der Waals surface area (Å²) in [6.45, 7) is 4.46. The fourth-order valence-electron chi connectivity index (χ4n) is 2.00. The van der Waals surface area contributed by atoms with Crippen molar-refractivity contribution in [1.29, 1.82) is 0 Å². The molecule has 1 aromatic carbocycles. The summed E-state index contributed by atoms with van der Waals surface area (Å²) in [6, 6.07) is 9.02. The van der Waals surface area contributed by atoms with Gasteiger partial charge in [0.25, 0.3) is 0 Å². The molecule has 1 aliphatic rings. The zero-order chi connectivity index (χ0) is 10.8. The van der Waals surface area contributed by atoms with E-state index < -0.39 is 0 Å². The minimum Gasteiger partial charge on any atom is -0.324 e. The first kappa shape index (κ1) is 10.7. The molecule has 0 unspecified atom stereocenters. The zero-order valence-corrected chi connectivity index (χ0v) is 9.74. The van der Waals surface area contributed by atoms with Crippen LogP contribution in [0.25, 0.3) is 0 Å². The largest absolute Gasteiger partial charge is 0.324 e. The second-order valence-electron chi connectivity index (χ2n) is 5.11. The molecule has 0 radical (unpaired) electrons. The molecule has 1 nitrogen and oxygen atoms in total. The van der Waals surface area contributed by atoms with Crippen LogP contribution in [0.5, 0.6) is 0 Å². The third-order valence-electron chi connectivity index (χ3n) is 3.29. The summed E-state index contributed by atoms with van der Waals surface area (Å²) in [4.78, 5) is 0. The van der Waals surface area contributed by atoms with Crippen molar-refractivity contribution in [1.82, 2.24) is 0 Å². The van der Waals surface area contributed by atoms with Gasteiger partial charge in [0.05, 0.1) is 0 Å². The number of hydrogen-bond acceptors (Lipinski definition) is 1. The highest BCUT2D eigenvalue weighted by molar-refractivity contribution is 5.28. The zero-order valence-electron chi connectivity index (χ0n) is 9.74. The Morgan fingerprint density at radius 2 is 1.93 bits per heavy atom. The SMILES string of the molecule is CC(C)c1cccc([C@H](N)CC2CC2)c1. The van der Waals surface area contributed by atoms with E-state index in [1.165, 1.54) is 30.4 Å². The summed E-state index contributed by atoms with van der Waals surface area (Å²) in [6.07, 6.45) is 3.94. The third kappa shape index (κ3) is 2.82. The van der Waals surface area contributed by atoms with Crippen LogP contribution in [0.4, 0.5) is 0 Å². The summed E-state index contributed by atoms with van der Waals surface area (Å²) in [7, 11) is 0. The van der Waals surface area contributed by atoms with Crippen molar-refractivity contribution >= 4 is 0 Å². The second-order valence-corrected chi connectivity index (χ2v) is 5.11. The summed E-state index contributed by atoms with van der Waals surface area (Å²) >= 11 is 0. The van der Waals surface area contributed by atoms with Crippen LogP contribution in [0.3, 0.4) is 0 Å². The molecule has 0 amide bonds. The molecular weight excluding hydrogens is 182 g/mol. The summed E-state index contributed by atoms with van der Waals surface area (Å²) in [5.74, 6) is 1.50. The minimum absolute atomic E-state index is 0.246. The predicted octanol–water partition coefficient (Wildman–Crippen LogP) is 3.61. The molecule has 1 heteroatoms. The molecule has 0 heterocycles. The summed E-state index contributed by atoms with van der Waals surface area (Å²) in [5, 5.41) is 0. The van der Waals surface area contributed by atoms with Gasteiger partial charge in [0.15, 0.2) is 0 Å². The first-order valence-corrected chi connectivity index (χ1v) is 6.02. The quantitative estimate of drug-likeness (QED) is 0.794. The maximum Gasteiger partial charge on any atom is 0.0297 e. The fourth-order valence-corrected chi connectivity index (χ4v) is 2.00. The van der Waals surface area contributed by atoms with Gasteiger partial charge in [-0.25, -0.2) is 0 Å². The van der Waals surface area contributed by atoms with E-state index in [0.717, 1.165) is 5.92 Å². The van der Waals surface area contributed by atoms with Crippen molar-refractivity contribution in [2.45, 2.75) is 45.1 Å². The highest BCUT2D eigenvalue weighted by atomic mass is 14.6. The monoisotopic (exact) mass is 203 g/mol. The van der Waals surface area contributed by atoms with Crippen LogP contribution in [-0.4, -0.2) is 0 Å². The number of rotatable bonds is 4. The first-order chi connectivity index (χ1) is 7.16. The van der Waals surface area contributed by atoms with Gasteiger partial charge in [0.2, 0.25) is 0 Å². The molecule has 1 atom stereocenters. The van der Waals surface area contributed by atoms with E-state index >= 15 is 0 Å². The molecule has 1 aliphatic carbocycles. The van der Waals surface area contributed by atoms with Crippen LogP contribution in [0.15, 0.2) is 24.3 Å². The van der Waals surface area contributed by atoms with Crippen LogP contribution >= 0.6 is 0 Å². The highest BCUT2D eigenvalue weighted by Gasteiger charge is 2.24. The molecule has 2 N–H and O–H groups in total. The van der Waals surface area contributed by atoms with E-state index in [-0.39, 0.29) is 6.04 Å². The van der Waals surface area contributed by atoms with Crippen molar-refractivity contribution < 1.29 is 0 Å². The molecule has 1 fully saturated rings. The van der Waals surface area contributed by atoms with E-state index in [1.807, 2.05) is 0 Å². The van der Waals surface area contributed by atoms with E-state index in [2.05, 4.69) is 38.1 Å². The molecule has 15 heavy (non-hydrogen) atoms. The van der Waals surface area contributed by atoms with Gasteiger partial charge in [-0.05, 0) is 29.4 Å². The molecule has 1 aromatic rings. The van der Waals surface area contributed by atoms with Crippen molar-refractivity contribution in [2.24, 2.45) is 11.7 Å². The maximum atomic E-state index is 6.20. The molecule has 1 saturated carbocycles. The number of nitrogens with two attached hydrogens (primary N) is 1. The van der Waals surface area contributed by atoms with Crippen molar-refractivity contribution in [3.8, 4) is 0 Å². The number of hydrogen-bond donors (Lipinski definition) is 1. The fraction of sp³-hybridized carbons (Fsp3) is 0.571. The molecule has 2 rings (SSSR count). The van der Waals surface area contributed by atoms with Gasteiger partial charge >= 0.3 is 0 Å². The van der Waals surface area contributed by atoms with Gasteiger partial charge in [0.1, 0.15) is 0 Å². The lowest BCUT2D eigenvalue weighted by molar-refractivity contribution is 0.596. The lowest BCUT2D eigenvalue weighted by Crippen LogP contribution is -2.11. The van der Waals surface area contributed by atoms with E-state index in [4.69, 9.17) is 5.73 Å². The minimum atomic E-state index is 0.246. The van der Waals surface area contributed by atoms with Gasteiger partial charge in [-0.15, -0.1) is 0 Å². The topological polar surface area (TPSA) is 26.0 Å². The Labute approximate surface area is 92.7 Å². The van der Waals surface area contributed by atoms with Crippen LogP contribution < -0.4 is 5.73 Å². The van der Waals surface area contributed by atoms with Crippen LogP contribution in [-0.2, 0) is 0 Å². The third-order valence-corrected chi connectivity index (χ3v) is 3.29. The van der Waals surface area contributed by atoms with Crippen LogP contribution in [0, 0.1) is 5.92 Å². The van der Waals surface area contributed by atoms with Gasteiger partial charge in [-0.2, -0.15) is 0 Å². The lowest BCUT2D eigenvalue weighted by Gasteiger charge is -2.14. The van der Waals surface area contributed by atoms with Crippen LogP contribution in [0.2, 0.25) is 0 Å². The van der Waals surface area contributed by atoms with E-state index in [0.29, 0.717) is 5.92 Å². The lowest BCUT2D eigenvalue weighted by atomic mass is 9.96. The first-order valence-electron chi connectivity index (χ1n) is 6.02. The Morgan fingerprint density at radius 3 is 2.53 bits per heavy atom. The maximum absolute atomic E-state index is 6.20. The van der Waals surface area contributed by atoms with Crippen molar-refractivity contribution in [3.63, 3.8) is 0 Å².